The van der Waals surface area contributed by atoms with Gasteiger partial charge in [-0.15, -0.1) is 0 Å². The molecule has 0 spiro atoms. The third-order valence-corrected chi connectivity index (χ3v) is 4.97. The Hall–Kier alpha value is -1.16. The minimum Gasteiger partial charge on any atom is -0.389 e. The number of pyridine rings is 1. The Labute approximate surface area is 126 Å². The Bertz CT molecular complexity index is 521. The average Bonchev–Trinajstić information content (AvgIpc) is 2.93. The summed E-state index contributed by atoms with van der Waals surface area (Å²) in [6, 6.07) is 2.77. The van der Waals surface area contributed by atoms with Crippen LogP contribution in [0.4, 0.5) is 5.82 Å². The van der Waals surface area contributed by atoms with Crippen molar-refractivity contribution in [3.63, 3.8) is 0 Å². The standard InChI is InChI=1S/C16H23N3S/c1-19(12-7-3-2-4-8-12)16-13(15(17)20)10-11-6-5-9-14(11)18-16/h10,12H,2-9H2,1H3,(H2,17,20). The summed E-state index contributed by atoms with van der Waals surface area (Å²) in [4.78, 5) is 7.71. The van der Waals surface area contributed by atoms with Gasteiger partial charge in [-0.1, -0.05) is 31.5 Å². The zero-order valence-electron chi connectivity index (χ0n) is 12.2. The lowest BCUT2D eigenvalue weighted by atomic mass is 9.94. The van der Waals surface area contributed by atoms with Crippen molar-refractivity contribution in [2.75, 3.05) is 11.9 Å². The molecule has 108 valence electrons. The highest BCUT2D eigenvalue weighted by Gasteiger charge is 2.24. The van der Waals surface area contributed by atoms with Gasteiger partial charge in [0.1, 0.15) is 10.8 Å². The van der Waals surface area contributed by atoms with Crippen LogP contribution in [-0.2, 0) is 12.8 Å². The van der Waals surface area contributed by atoms with Crippen molar-refractivity contribution >= 4 is 23.0 Å². The molecule has 0 aromatic carbocycles. The van der Waals surface area contributed by atoms with E-state index in [4.69, 9.17) is 22.9 Å². The summed E-state index contributed by atoms with van der Waals surface area (Å²) in [5, 5.41) is 0. The zero-order valence-corrected chi connectivity index (χ0v) is 13.0. The minimum absolute atomic E-state index is 0.477. The SMILES string of the molecule is CN(c1nc2c(cc1C(N)=S)CCC2)C1CCCCC1. The summed E-state index contributed by atoms with van der Waals surface area (Å²) >= 11 is 5.25. The lowest BCUT2D eigenvalue weighted by Crippen LogP contribution is -2.35. The normalized spacial score (nSPS) is 18.9. The molecule has 1 heterocycles. The third-order valence-electron chi connectivity index (χ3n) is 4.75. The molecule has 2 aliphatic rings. The number of hydrogen-bond acceptors (Lipinski definition) is 3. The Morgan fingerprint density at radius 2 is 2.00 bits per heavy atom. The highest BCUT2D eigenvalue weighted by atomic mass is 32.1. The van der Waals surface area contributed by atoms with Crippen molar-refractivity contribution in [2.45, 2.75) is 57.4 Å². The molecule has 1 aromatic heterocycles. The number of hydrogen-bond donors (Lipinski definition) is 1. The predicted octanol–water partition coefficient (Wildman–Crippen LogP) is 2.97. The van der Waals surface area contributed by atoms with E-state index in [-0.39, 0.29) is 0 Å². The van der Waals surface area contributed by atoms with Crippen LogP contribution in [0.5, 0.6) is 0 Å². The Morgan fingerprint density at radius 3 is 2.70 bits per heavy atom. The van der Waals surface area contributed by atoms with E-state index in [9.17, 15) is 0 Å². The molecule has 4 heteroatoms. The highest BCUT2D eigenvalue weighted by molar-refractivity contribution is 7.80. The summed E-state index contributed by atoms with van der Waals surface area (Å²) in [5.74, 6) is 1.00. The summed E-state index contributed by atoms with van der Waals surface area (Å²) in [6.07, 6.45) is 9.94. The minimum atomic E-state index is 0.477. The second-order valence-electron chi connectivity index (χ2n) is 6.09. The van der Waals surface area contributed by atoms with Gasteiger partial charge in [-0.2, -0.15) is 0 Å². The lowest BCUT2D eigenvalue weighted by molar-refractivity contribution is 0.426. The van der Waals surface area contributed by atoms with Crippen molar-refractivity contribution in [1.82, 2.24) is 4.98 Å². The van der Waals surface area contributed by atoms with E-state index in [0.29, 0.717) is 11.0 Å². The van der Waals surface area contributed by atoms with Gasteiger partial charge in [0.15, 0.2) is 0 Å². The van der Waals surface area contributed by atoms with Crippen LogP contribution >= 0.6 is 12.2 Å². The third kappa shape index (κ3) is 2.53. The quantitative estimate of drug-likeness (QED) is 0.869. The average molecular weight is 289 g/mol. The topological polar surface area (TPSA) is 42.2 Å². The van der Waals surface area contributed by atoms with E-state index in [0.717, 1.165) is 24.2 Å². The largest absolute Gasteiger partial charge is 0.389 e. The first kappa shape index (κ1) is 13.8. The van der Waals surface area contributed by atoms with Crippen LogP contribution in [-0.4, -0.2) is 23.1 Å². The number of thiocarbonyl (C=S) groups is 1. The molecule has 0 atom stereocenters. The van der Waals surface area contributed by atoms with Gasteiger partial charge in [0.05, 0.1) is 5.56 Å². The van der Waals surface area contributed by atoms with Crippen LogP contribution < -0.4 is 10.6 Å². The second-order valence-corrected chi connectivity index (χ2v) is 6.53. The molecule has 0 amide bonds. The highest BCUT2D eigenvalue weighted by Crippen LogP contribution is 2.31. The molecule has 0 radical (unpaired) electrons. The van der Waals surface area contributed by atoms with E-state index in [1.165, 1.54) is 49.8 Å². The zero-order chi connectivity index (χ0) is 14.1. The van der Waals surface area contributed by atoms with Crippen molar-refractivity contribution in [2.24, 2.45) is 5.73 Å². The Balaban J connectivity index is 1.96. The first-order valence-electron chi connectivity index (χ1n) is 7.72. The molecule has 1 saturated carbocycles. The molecule has 3 rings (SSSR count). The van der Waals surface area contributed by atoms with Crippen molar-refractivity contribution in [3.8, 4) is 0 Å². The molecule has 1 fully saturated rings. The number of aromatic nitrogens is 1. The van der Waals surface area contributed by atoms with Crippen LogP contribution in [0.15, 0.2) is 6.07 Å². The maximum atomic E-state index is 5.94. The van der Waals surface area contributed by atoms with Crippen molar-refractivity contribution in [1.29, 1.82) is 0 Å². The maximum Gasteiger partial charge on any atom is 0.139 e. The van der Waals surface area contributed by atoms with Crippen molar-refractivity contribution in [3.05, 3.63) is 22.9 Å². The fraction of sp³-hybridized carbons (Fsp3) is 0.625. The molecule has 0 bridgehead atoms. The molecule has 2 aliphatic carbocycles. The van der Waals surface area contributed by atoms with Gasteiger partial charge in [0, 0.05) is 18.8 Å². The van der Waals surface area contributed by atoms with E-state index in [1.807, 2.05) is 0 Å². The van der Waals surface area contributed by atoms with Gasteiger partial charge in [-0.25, -0.2) is 4.98 Å². The summed E-state index contributed by atoms with van der Waals surface area (Å²) in [5.41, 5.74) is 9.50. The first-order chi connectivity index (χ1) is 9.66. The summed E-state index contributed by atoms with van der Waals surface area (Å²) in [7, 11) is 2.15. The first-order valence-corrected chi connectivity index (χ1v) is 8.13. The van der Waals surface area contributed by atoms with E-state index < -0.39 is 0 Å². The Kier molecular flexibility index (Phi) is 3.92. The van der Waals surface area contributed by atoms with Crippen LogP contribution in [0.2, 0.25) is 0 Å². The number of fused-ring (bicyclic) bond motifs is 1. The summed E-state index contributed by atoms with van der Waals surface area (Å²) in [6.45, 7) is 0. The molecule has 3 nitrogen and oxygen atoms in total. The lowest BCUT2D eigenvalue weighted by Gasteiger charge is -2.33. The monoisotopic (exact) mass is 289 g/mol. The van der Waals surface area contributed by atoms with Gasteiger partial charge < -0.3 is 10.6 Å². The van der Waals surface area contributed by atoms with E-state index >= 15 is 0 Å². The number of anilines is 1. The molecule has 0 aliphatic heterocycles. The molecule has 0 saturated heterocycles. The van der Waals surface area contributed by atoms with Crippen LogP contribution in [0.1, 0.15) is 55.3 Å². The molecule has 2 N–H and O–H groups in total. The smallest absolute Gasteiger partial charge is 0.139 e. The molecular weight excluding hydrogens is 266 g/mol. The fourth-order valence-corrected chi connectivity index (χ4v) is 3.70. The van der Waals surface area contributed by atoms with Gasteiger partial charge in [-0.05, 0) is 43.7 Å². The number of nitrogens with zero attached hydrogens (tertiary/aromatic N) is 2. The van der Waals surface area contributed by atoms with Crippen LogP contribution in [0.3, 0.4) is 0 Å². The number of aryl methyl sites for hydroxylation is 2. The summed E-state index contributed by atoms with van der Waals surface area (Å²) < 4.78 is 0. The van der Waals surface area contributed by atoms with E-state index in [2.05, 4.69) is 18.0 Å². The predicted molar refractivity (Wildman–Crippen MR) is 87.4 cm³/mol. The van der Waals surface area contributed by atoms with Gasteiger partial charge in [0.25, 0.3) is 0 Å². The molecule has 0 unspecified atom stereocenters. The van der Waals surface area contributed by atoms with Crippen LogP contribution in [0.25, 0.3) is 0 Å². The van der Waals surface area contributed by atoms with Gasteiger partial charge in [-0.3, -0.25) is 0 Å². The van der Waals surface area contributed by atoms with Crippen LogP contribution in [0, 0.1) is 0 Å². The second kappa shape index (κ2) is 5.68. The molecular formula is C16H23N3S. The van der Waals surface area contributed by atoms with E-state index in [1.54, 1.807) is 0 Å². The van der Waals surface area contributed by atoms with Gasteiger partial charge >= 0.3 is 0 Å². The molecule has 20 heavy (non-hydrogen) atoms. The van der Waals surface area contributed by atoms with Crippen molar-refractivity contribution < 1.29 is 0 Å². The number of nitrogens with two attached hydrogens (primary N) is 1. The molecule has 1 aromatic rings. The fourth-order valence-electron chi connectivity index (χ4n) is 3.55. The number of rotatable bonds is 3. The van der Waals surface area contributed by atoms with Gasteiger partial charge in [0.2, 0.25) is 0 Å². The Morgan fingerprint density at radius 1 is 1.25 bits per heavy atom. The maximum absolute atomic E-state index is 5.94.